The van der Waals surface area contributed by atoms with Gasteiger partial charge in [0.25, 0.3) is 5.91 Å². The lowest BCUT2D eigenvalue weighted by Crippen LogP contribution is -2.50. The maximum Gasteiger partial charge on any atom is 0.261 e. The van der Waals surface area contributed by atoms with Crippen LogP contribution < -0.4 is 10.1 Å². The molecule has 168 valence electrons. The van der Waals surface area contributed by atoms with Crippen LogP contribution in [0.1, 0.15) is 32.8 Å². The minimum atomic E-state index is -0.722. The highest BCUT2D eigenvalue weighted by Gasteiger charge is 2.27. The molecule has 0 heterocycles. The molecule has 0 radical (unpaired) electrons. The van der Waals surface area contributed by atoms with Gasteiger partial charge in [-0.3, -0.25) is 9.59 Å². The molecule has 2 amide bonds. The number of hydrogen-bond donors (Lipinski definition) is 1. The molecule has 31 heavy (non-hydrogen) atoms. The first-order valence-corrected chi connectivity index (χ1v) is 11.7. The largest absolute Gasteiger partial charge is 0.482 e. The van der Waals surface area contributed by atoms with E-state index in [1.807, 2.05) is 13.8 Å². The van der Waals surface area contributed by atoms with Crippen molar-refractivity contribution in [1.29, 1.82) is 0 Å². The van der Waals surface area contributed by atoms with Gasteiger partial charge in [0.2, 0.25) is 5.91 Å². The Balaban J connectivity index is 2.20. The predicted molar refractivity (Wildman–Crippen MR) is 129 cm³/mol. The van der Waals surface area contributed by atoms with Crippen molar-refractivity contribution in [1.82, 2.24) is 10.2 Å². The number of rotatable bonds is 9. The predicted octanol–water partition coefficient (Wildman–Crippen LogP) is 6.12. The lowest BCUT2D eigenvalue weighted by Gasteiger charge is -2.29. The Morgan fingerprint density at radius 2 is 1.77 bits per heavy atom. The second-order valence-corrected chi connectivity index (χ2v) is 9.26. The smallest absolute Gasteiger partial charge is 0.261 e. The third kappa shape index (κ3) is 7.56. The SMILES string of the molecule is CC[C@H](C)NC(=O)[C@@H](C)N(Cc1ccc(Cl)c(Cl)c1)C(=O)COc1ccc(Br)cc1Cl. The topological polar surface area (TPSA) is 58.6 Å². The summed E-state index contributed by atoms with van der Waals surface area (Å²) in [6.45, 7) is 5.46. The van der Waals surface area contributed by atoms with Crippen LogP contribution in [-0.2, 0) is 16.1 Å². The number of nitrogens with one attached hydrogen (secondary N) is 1. The van der Waals surface area contributed by atoms with E-state index in [2.05, 4.69) is 21.2 Å². The zero-order chi connectivity index (χ0) is 23.1. The molecule has 0 fully saturated rings. The normalized spacial score (nSPS) is 12.7. The fraction of sp³-hybridized carbons (Fsp3) is 0.364. The lowest BCUT2D eigenvalue weighted by molar-refractivity contribution is -0.142. The van der Waals surface area contributed by atoms with E-state index >= 15 is 0 Å². The Labute approximate surface area is 206 Å². The average molecular weight is 551 g/mol. The summed E-state index contributed by atoms with van der Waals surface area (Å²) in [5.74, 6) is -0.231. The summed E-state index contributed by atoms with van der Waals surface area (Å²) in [5.41, 5.74) is 0.743. The molecular weight excluding hydrogens is 527 g/mol. The van der Waals surface area contributed by atoms with E-state index in [9.17, 15) is 9.59 Å². The maximum absolute atomic E-state index is 13.1. The van der Waals surface area contributed by atoms with E-state index in [-0.39, 0.29) is 31.0 Å². The van der Waals surface area contributed by atoms with Crippen molar-refractivity contribution in [3.63, 3.8) is 0 Å². The third-order valence-corrected chi connectivity index (χ3v) is 6.28. The molecule has 9 heteroatoms. The van der Waals surface area contributed by atoms with Gasteiger partial charge in [-0.2, -0.15) is 0 Å². The van der Waals surface area contributed by atoms with Crippen LogP contribution in [0.5, 0.6) is 5.75 Å². The molecule has 0 aliphatic carbocycles. The van der Waals surface area contributed by atoms with Crippen LogP contribution in [0.4, 0.5) is 0 Å². The summed E-state index contributed by atoms with van der Waals surface area (Å²) in [6.07, 6.45) is 0.782. The number of ether oxygens (including phenoxy) is 1. The van der Waals surface area contributed by atoms with Gasteiger partial charge < -0.3 is 15.0 Å². The summed E-state index contributed by atoms with van der Waals surface area (Å²) in [6, 6.07) is 9.48. The number of nitrogens with zero attached hydrogens (tertiary/aromatic N) is 1. The summed E-state index contributed by atoms with van der Waals surface area (Å²) < 4.78 is 6.42. The highest BCUT2D eigenvalue weighted by molar-refractivity contribution is 9.10. The standard InChI is InChI=1S/C22H24BrCl3N2O3/c1-4-13(2)27-22(30)14(3)28(11-15-5-7-17(24)18(25)9-15)21(29)12-31-20-8-6-16(23)10-19(20)26/h5-10,13-14H,4,11-12H2,1-3H3,(H,27,30)/t13-,14+/m0/s1. The molecule has 0 bridgehead atoms. The molecule has 2 aromatic rings. The van der Waals surface area contributed by atoms with E-state index in [4.69, 9.17) is 39.5 Å². The second-order valence-electron chi connectivity index (χ2n) is 7.13. The van der Waals surface area contributed by atoms with Crippen molar-refractivity contribution in [3.05, 3.63) is 61.5 Å². The fourth-order valence-corrected chi connectivity index (χ4v) is 3.75. The van der Waals surface area contributed by atoms with Crippen LogP contribution in [0.2, 0.25) is 15.1 Å². The molecule has 0 unspecified atom stereocenters. The van der Waals surface area contributed by atoms with Gasteiger partial charge >= 0.3 is 0 Å². The minimum Gasteiger partial charge on any atom is -0.482 e. The minimum absolute atomic E-state index is 0.00491. The molecule has 2 atom stereocenters. The van der Waals surface area contributed by atoms with Crippen molar-refractivity contribution in [2.24, 2.45) is 0 Å². The van der Waals surface area contributed by atoms with Crippen LogP contribution in [0, 0.1) is 0 Å². The molecule has 0 spiro atoms. The van der Waals surface area contributed by atoms with E-state index < -0.39 is 6.04 Å². The second kappa shape index (κ2) is 12.0. The number of benzene rings is 2. The molecule has 0 aliphatic heterocycles. The molecule has 2 aromatic carbocycles. The Morgan fingerprint density at radius 3 is 2.39 bits per heavy atom. The van der Waals surface area contributed by atoms with Gasteiger partial charge in [-0.25, -0.2) is 0 Å². The molecule has 0 aromatic heterocycles. The Bertz CT molecular complexity index is 942. The summed E-state index contributed by atoms with van der Waals surface area (Å²) in [7, 11) is 0. The molecule has 2 rings (SSSR count). The quantitative estimate of drug-likeness (QED) is 0.409. The number of hydrogen-bond acceptors (Lipinski definition) is 3. The van der Waals surface area contributed by atoms with Crippen LogP contribution in [-0.4, -0.2) is 35.4 Å². The molecule has 0 aliphatic rings. The zero-order valence-corrected chi connectivity index (χ0v) is 21.3. The number of amides is 2. The van der Waals surface area contributed by atoms with E-state index in [1.165, 1.54) is 4.90 Å². The lowest BCUT2D eigenvalue weighted by atomic mass is 10.1. The first-order valence-electron chi connectivity index (χ1n) is 9.74. The first-order chi connectivity index (χ1) is 14.6. The van der Waals surface area contributed by atoms with E-state index in [0.29, 0.717) is 20.8 Å². The highest BCUT2D eigenvalue weighted by Crippen LogP contribution is 2.28. The monoisotopic (exact) mass is 548 g/mol. The Morgan fingerprint density at radius 1 is 1.06 bits per heavy atom. The number of carbonyl (C=O) groups excluding carboxylic acids is 2. The van der Waals surface area contributed by atoms with E-state index in [1.54, 1.807) is 43.3 Å². The van der Waals surface area contributed by atoms with Crippen LogP contribution in [0.3, 0.4) is 0 Å². The Hall–Kier alpha value is -1.47. The van der Waals surface area contributed by atoms with Crippen molar-refractivity contribution in [3.8, 4) is 5.75 Å². The molecule has 0 saturated carbocycles. The average Bonchev–Trinajstić information content (AvgIpc) is 2.72. The maximum atomic E-state index is 13.1. The van der Waals surface area contributed by atoms with Gasteiger partial charge in [-0.15, -0.1) is 0 Å². The highest BCUT2D eigenvalue weighted by atomic mass is 79.9. The van der Waals surface area contributed by atoms with E-state index in [0.717, 1.165) is 16.5 Å². The van der Waals surface area contributed by atoms with Crippen molar-refractivity contribution in [2.45, 2.75) is 45.8 Å². The number of carbonyl (C=O) groups is 2. The summed E-state index contributed by atoms with van der Waals surface area (Å²) in [5, 5.41) is 4.08. The molecule has 0 saturated heterocycles. The zero-order valence-electron chi connectivity index (χ0n) is 17.4. The van der Waals surface area contributed by atoms with Gasteiger partial charge in [-0.1, -0.05) is 63.7 Å². The van der Waals surface area contributed by atoms with Gasteiger partial charge in [0.15, 0.2) is 6.61 Å². The van der Waals surface area contributed by atoms with Gasteiger partial charge in [0.1, 0.15) is 11.8 Å². The summed E-state index contributed by atoms with van der Waals surface area (Å²) >= 11 is 21.6. The third-order valence-electron chi connectivity index (χ3n) is 4.75. The first kappa shape index (κ1) is 25.8. The van der Waals surface area contributed by atoms with Gasteiger partial charge in [0, 0.05) is 17.1 Å². The Kier molecular flexibility index (Phi) is 9.94. The molecule has 1 N–H and O–H groups in total. The molecular formula is C22H24BrCl3N2O3. The van der Waals surface area contributed by atoms with Crippen LogP contribution >= 0.6 is 50.7 Å². The van der Waals surface area contributed by atoms with Crippen LogP contribution in [0.15, 0.2) is 40.9 Å². The van der Waals surface area contributed by atoms with Gasteiger partial charge in [0.05, 0.1) is 15.1 Å². The molecule has 5 nitrogen and oxygen atoms in total. The number of halogens is 4. The fourth-order valence-electron chi connectivity index (χ4n) is 2.70. The van der Waals surface area contributed by atoms with Crippen molar-refractivity contribution in [2.75, 3.05) is 6.61 Å². The summed E-state index contributed by atoms with van der Waals surface area (Å²) in [4.78, 5) is 27.2. The van der Waals surface area contributed by atoms with Crippen molar-refractivity contribution < 1.29 is 14.3 Å². The van der Waals surface area contributed by atoms with Crippen molar-refractivity contribution >= 4 is 62.5 Å². The van der Waals surface area contributed by atoms with Gasteiger partial charge in [-0.05, 0) is 56.2 Å². The van der Waals surface area contributed by atoms with Crippen LogP contribution in [0.25, 0.3) is 0 Å².